The predicted octanol–water partition coefficient (Wildman–Crippen LogP) is 4.15. The molecule has 118 valence electrons. The largest absolute Gasteiger partial charge is 0.312 e. The third-order valence-corrected chi connectivity index (χ3v) is 4.73. The molecule has 1 aliphatic carbocycles. The molecule has 1 N–H and O–H groups in total. The molecule has 0 aromatic heterocycles. The molecule has 0 radical (unpaired) electrons. The number of likely N-dealkylation sites (N-methyl/N-ethyl adjacent to an activating group) is 1. The van der Waals surface area contributed by atoms with Crippen molar-refractivity contribution in [2.24, 2.45) is 5.92 Å². The van der Waals surface area contributed by atoms with Crippen molar-refractivity contribution in [1.29, 1.82) is 0 Å². The lowest BCUT2D eigenvalue weighted by molar-refractivity contribution is 0.155. The van der Waals surface area contributed by atoms with Crippen LogP contribution in [0.5, 0.6) is 0 Å². The highest BCUT2D eigenvalue weighted by molar-refractivity contribution is 5.25. The molecule has 1 aromatic carbocycles. The van der Waals surface area contributed by atoms with Crippen molar-refractivity contribution in [1.82, 2.24) is 10.2 Å². The highest BCUT2D eigenvalue weighted by Crippen LogP contribution is 2.33. The summed E-state index contributed by atoms with van der Waals surface area (Å²) in [6.45, 7) is 10.4. The van der Waals surface area contributed by atoms with E-state index >= 15 is 0 Å². The van der Waals surface area contributed by atoms with E-state index in [4.69, 9.17) is 0 Å². The lowest BCUT2D eigenvalue weighted by atomic mass is 9.97. The van der Waals surface area contributed by atoms with Crippen molar-refractivity contribution < 1.29 is 0 Å². The fourth-order valence-electron chi connectivity index (χ4n) is 3.18. The maximum atomic E-state index is 3.55. The second-order valence-electron chi connectivity index (χ2n) is 7.07. The molecule has 2 heteroatoms. The van der Waals surface area contributed by atoms with Gasteiger partial charge in [0.15, 0.2) is 0 Å². The van der Waals surface area contributed by atoms with Crippen molar-refractivity contribution in [3.63, 3.8) is 0 Å². The number of benzene rings is 1. The van der Waals surface area contributed by atoms with Gasteiger partial charge >= 0.3 is 0 Å². The van der Waals surface area contributed by atoms with Gasteiger partial charge < -0.3 is 5.32 Å². The molecule has 2 rings (SSSR count). The van der Waals surface area contributed by atoms with Crippen LogP contribution in [0, 0.1) is 12.8 Å². The highest BCUT2D eigenvalue weighted by atomic mass is 15.2. The van der Waals surface area contributed by atoms with Crippen LogP contribution >= 0.6 is 0 Å². The van der Waals surface area contributed by atoms with E-state index in [2.05, 4.69) is 69.2 Å². The van der Waals surface area contributed by atoms with E-state index in [0.29, 0.717) is 12.1 Å². The third-order valence-electron chi connectivity index (χ3n) is 4.73. The van der Waals surface area contributed by atoms with E-state index in [1.54, 1.807) is 0 Å². The Morgan fingerprint density at radius 3 is 2.24 bits per heavy atom. The van der Waals surface area contributed by atoms with Crippen molar-refractivity contribution in [2.45, 2.75) is 65.1 Å². The van der Waals surface area contributed by atoms with Crippen LogP contribution in [0.3, 0.4) is 0 Å². The maximum absolute atomic E-state index is 3.55. The third kappa shape index (κ3) is 4.55. The Morgan fingerprint density at radius 1 is 1.14 bits per heavy atom. The molecule has 1 aromatic rings. The van der Waals surface area contributed by atoms with Gasteiger partial charge in [-0.15, -0.1) is 0 Å². The minimum Gasteiger partial charge on any atom is -0.312 e. The van der Waals surface area contributed by atoms with Gasteiger partial charge in [-0.1, -0.05) is 43.7 Å². The second kappa shape index (κ2) is 7.42. The van der Waals surface area contributed by atoms with Gasteiger partial charge in [-0.3, -0.25) is 4.90 Å². The summed E-state index contributed by atoms with van der Waals surface area (Å²) in [5.74, 6) is 0.783. The summed E-state index contributed by atoms with van der Waals surface area (Å²) < 4.78 is 0. The van der Waals surface area contributed by atoms with Crippen molar-refractivity contribution in [3.8, 4) is 0 Å². The summed E-state index contributed by atoms with van der Waals surface area (Å²) in [6.07, 6.45) is 4.06. The molecule has 0 saturated heterocycles. The van der Waals surface area contributed by atoms with Crippen LogP contribution in [0.1, 0.15) is 57.2 Å². The quantitative estimate of drug-likeness (QED) is 0.773. The van der Waals surface area contributed by atoms with E-state index in [9.17, 15) is 0 Å². The summed E-state index contributed by atoms with van der Waals surface area (Å²) in [6, 6.07) is 10.8. The lowest BCUT2D eigenvalue weighted by Crippen LogP contribution is -2.44. The van der Waals surface area contributed by atoms with Crippen LogP contribution in [0.2, 0.25) is 0 Å². The first-order valence-corrected chi connectivity index (χ1v) is 8.52. The van der Waals surface area contributed by atoms with Crippen LogP contribution in [0.25, 0.3) is 0 Å². The fourth-order valence-corrected chi connectivity index (χ4v) is 3.18. The molecule has 0 bridgehead atoms. The summed E-state index contributed by atoms with van der Waals surface area (Å²) >= 11 is 0. The number of aryl methyl sites for hydroxylation is 1. The summed E-state index contributed by atoms with van der Waals surface area (Å²) in [4.78, 5) is 2.74. The van der Waals surface area contributed by atoms with Gasteiger partial charge in [0.1, 0.15) is 0 Å². The van der Waals surface area contributed by atoms with E-state index < -0.39 is 0 Å². The topological polar surface area (TPSA) is 15.3 Å². The molecule has 2 unspecified atom stereocenters. The maximum Gasteiger partial charge on any atom is 0.0473 e. The molecule has 0 amide bonds. The Labute approximate surface area is 130 Å². The number of nitrogens with one attached hydrogen (secondary N) is 1. The smallest absolute Gasteiger partial charge is 0.0473 e. The average Bonchev–Trinajstić information content (AvgIpc) is 3.26. The zero-order valence-electron chi connectivity index (χ0n) is 14.4. The Balaban J connectivity index is 2.08. The Hall–Kier alpha value is -0.860. The molecule has 21 heavy (non-hydrogen) atoms. The molecule has 1 fully saturated rings. The van der Waals surface area contributed by atoms with Crippen LogP contribution in [0.15, 0.2) is 24.3 Å². The molecular formula is C19H32N2. The first kappa shape index (κ1) is 16.5. The van der Waals surface area contributed by atoms with Gasteiger partial charge in [-0.25, -0.2) is 0 Å². The van der Waals surface area contributed by atoms with Crippen LogP contribution < -0.4 is 5.32 Å². The average molecular weight is 288 g/mol. The molecule has 2 nitrogen and oxygen atoms in total. The minimum atomic E-state index is 0.415. The monoisotopic (exact) mass is 288 g/mol. The van der Waals surface area contributed by atoms with Gasteiger partial charge in [-0.2, -0.15) is 0 Å². The number of hydrogen-bond donors (Lipinski definition) is 1. The van der Waals surface area contributed by atoms with Crippen LogP contribution in [-0.2, 0) is 0 Å². The van der Waals surface area contributed by atoms with Gasteiger partial charge in [0.05, 0.1) is 0 Å². The van der Waals surface area contributed by atoms with Gasteiger partial charge in [-0.05, 0) is 58.2 Å². The molecule has 0 heterocycles. The molecule has 1 aliphatic rings. The SMILES string of the molecule is CNC(c1ccc(C)cc1)C(C)N(CCC(C)C)C1CC1. The van der Waals surface area contributed by atoms with E-state index in [1.165, 1.54) is 36.9 Å². The normalized spacial score (nSPS) is 18.2. The molecule has 1 saturated carbocycles. The number of rotatable bonds is 8. The van der Waals surface area contributed by atoms with E-state index in [1.807, 2.05) is 0 Å². The standard InChI is InChI=1S/C19H32N2/c1-14(2)12-13-21(18-10-11-18)16(4)19(20-5)17-8-6-15(3)7-9-17/h6-9,14,16,18-20H,10-13H2,1-5H3. The fraction of sp³-hybridized carbons (Fsp3) is 0.684. The first-order chi connectivity index (χ1) is 10.0. The summed E-state index contributed by atoms with van der Waals surface area (Å²) in [5, 5.41) is 3.55. The van der Waals surface area contributed by atoms with Crippen molar-refractivity contribution in [2.75, 3.05) is 13.6 Å². The number of nitrogens with zero attached hydrogens (tertiary/aromatic N) is 1. The number of hydrogen-bond acceptors (Lipinski definition) is 2. The van der Waals surface area contributed by atoms with Crippen molar-refractivity contribution in [3.05, 3.63) is 35.4 Å². The molecule has 0 aliphatic heterocycles. The predicted molar refractivity (Wildman–Crippen MR) is 91.6 cm³/mol. The Bertz CT molecular complexity index is 420. The Morgan fingerprint density at radius 2 is 1.76 bits per heavy atom. The second-order valence-corrected chi connectivity index (χ2v) is 7.07. The van der Waals surface area contributed by atoms with Gasteiger partial charge in [0, 0.05) is 18.1 Å². The van der Waals surface area contributed by atoms with Crippen LogP contribution in [-0.4, -0.2) is 30.6 Å². The zero-order valence-corrected chi connectivity index (χ0v) is 14.4. The molecule has 0 spiro atoms. The highest BCUT2D eigenvalue weighted by Gasteiger charge is 2.35. The van der Waals surface area contributed by atoms with Gasteiger partial charge in [0.2, 0.25) is 0 Å². The van der Waals surface area contributed by atoms with E-state index in [-0.39, 0.29) is 0 Å². The Kier molecular flexibility index (Phi) is 5.83. The lowest BCUT2D eigenvalue weighted by Gasteiger charge is -2.35. The summed E-state index contributed by atoms with van der Waals surface area (Å²) in [5.41, 5.74) is 2.74. The minimum absolute atomic E-state index is 0.415. The summed E-state index contributed by atoms with van der Waals surface area (Å²) in [7, 11) is 2.09. The first-order valence-electron chi connectivity index (χ1n) is 8.52. The van der Waals surface area contributed by atoms with E-state index in [0.717, 1.165) is 12.0 Å². The van der Waals surface area contributed by atoms with Crippen molar-refractivity contribution >= 4 is 0 Å². The van der Waals surface area contributed by atoms with Crippen LogP contribution in [0.4, 0.5) is 0 Å². The zero-order chi connectivity index (χ0) is 15.4. The molecule has 2 atom stereocenters. The van der Waals surface area contributed by atoms with Gasteiger partial charge in [0.25, 0.3) is 0 Å². The molecular weight excluding hydrogens is 256 g/mol.